The Hall–Kier alpha value is -1.01. The summed E-state index contributed by atoms with van der Waals surface area (Å²) in [5.41, 5.74) is 1.33. The zero-order valence-electron chi connectivity index (χ0n) is 11.6. The lowest BCUT2D eigenvalue weighted by Crippen LogP contribution is -2.20. The van der Waals surface area contributed by atoms with E-state index in [0.29, 0.717) is 11.7 Å². The first kappa shape index (κ1) is 17.0. The van der Waals surface area contributed by atoms with Crippen LogP contribution in [0, 0.1) is 0 Å². The van der Waals surface area contributed by atoms with Gasteiger partial charge >= 0.3 is 0 Å². The van der Waals surface area contributed by atoms with Crippen LogP contribution in [-0.2, 0) is 10.0 Å². The molecule has 5 nitrogen and oxygen atoms in total. The van der Waals surface area contributed by atoms with Crippen molar-refractivity contribution < 1.29 is 8.42 Å². The number of halogens is 1. The van der Waals surface area contributed by atoms with Gasteiger partial charge in [-0.1, -0.05) is 25.7 Å². The van der Waals surface area contributed by atoms with Gasteiger partial charge in [0, 0.05) is 12.2 Å². The molecule has 1 aliphatic carbocycles. The van der Waals surface area contributed by atoms with Gasteiger partial charge in [-0.05, 0) is 18.9 Å². The van der Waals surface area contributed by atoms with Gasteiger partial charge in [0.1, 0.15) is 0 Å². The van der Waals surface area contributed by atoms with Crippen LogP contribution >= 0.6 is 12.4 Å². The lowest BCUT2D eigenvalue weighted by molar-refractivity contribution is 0.606. The van der Waals surface area contributed by atoms with Crippen molar-refractivity contribution >= 4 is 33.8 Å². The van der Waals surface area contributed by atoms with Crippen LogP contribution in [0.2, 0.25) is 0 Å². The third-order valence-electron chi connectivity index (χ3n) is 3.33. The molecule has 114 valence electrons. The quantitative estimate of drug-likeness (QED) is 0.837. The average Bonchev–Trinajstić information content (AvgIpc) is 2.58. The summed E-state index contributed by atoms with van der Waals surface area (Å²) in [5, 5.41) is 3.42. The van der Waals surface area contributed by atoms with Crippen LogP contribution in [-0.4, -0.2) is 25.7 Å². The van der Waals surface area contributed by atoms with Crippen LogP contribution in [0.3, 0.4) is 0 Å². The van der Waals surface area contributed by atoms with E-state index in [0.717, 1.165) is 24.8 Å². The molecule has 0 aliphatic heterocycles. The van der Waals surface area contributed by atoms with Crippen molar-refractivity contribution in [3.63, 3.8) is 0 Å². The molecular weight excluding hydrogens is 298 g/mol. The molecule has 7 heteroatoms. The van der Waals surface area contributed by atoms with E-state index >= 15 is 0 Å². The molecule has 0 bridgehead atoms. The highest BCUT2D eigenvalue weighted by molar-refractivity contribution is 7.92. The molecule has 0 atom stereocenters. The van der Waals surface area contributed by atoms with Crippen LogP contribution in [0.4, 0.5) is 11.4 Å². The van der Waals surface area contributed by atoms with E-state index in [1.807, 2.05) is 0 Å². The number of anilines is 2. The average molecular weight is 320 g/mol. The molecule has 20 heavy (non-hydrogen) atoms. The molecule has 0 spiro atoms. The van der Waals surface area contributed by atoms with E-state index in [4.69, 9.17) is 0 Å². The highest BCUT2D eigenvalue weighted by Gasteiger charge is 2.14. The predicted octanol–water partition coefficient (Wildman–Crippen LogP) is 3.01. The van der Waals surface area contributed by atoms with Crippen LogP contribution in [0.5, 0.6) is 0 Å². The van der Waals surface area contributed by atoms with Gasteiger partial charge in [0.15, 0.2) is 0 Å². The fourth-order valence-corrected chi connectivity index (χ4v) is 3.02. The van der Waals surface area contributed by atoms with Gasteiger partial charge in [-0.2, -0.15) is 0 Å². The summed E-state index contributed by atoms with van der Waals surface area (Å²) in [6, 6.07) is 2.09. The van der Waals surface area contributed by atoms with E-state index in [9.17, 15) is 8.42 Å². The highest BCUT2D eigenvalue weighted by Crippen LogP contribution is 2.25. The number of rotatable bonds is 4. The molecule has 0 unspecified atom stereocenters. The molecule has 2 rings (SSSR count). The van der Waals surface area contributed by atoms with Crippen LogP contribution in [0.25, 0.3) is 0 Å². The van der Waals surface area contributed by atoms with Crippen molar-refractivity contribution in [2.45, 2.75) is 44.6 Å². The van der Waals surface area contributed by atoms with Gasteiger partial charge < -0.3 is 5.32 Å². The molecular formula is C13H22ClN3O2S. The Balaban J connectivity index is 0.00000200. The van der Waals surface area contributed by atoms with Crippen molar-refractivity contribution in [2.24, 2.45) is 0 Å². The topological polar surface area (TPSA) is 71.1 Å². The molecule has 1 fully saturated rings. The third-order valence-corrected chi connectivity index (χ3v) is 3.92. The summed E-state index contributed by atoms with van der Waals surface area (Å²) in [6.45, 7) is 0. The highest BCUT2D eigenvalue weighted by atomic mass is 35.5. The molecule has 1 aromatic heterocycles. The zero-order chi connectivity index (χ0) is 13.7. The SMILES string of the molecule is CS(=O)(=O)Nc1ccncc1NC1CCCCCC1.Cl. The number of sulfonamides is 1. The van der Waals surface area contributed by atoms with E-state index in [1.54, 1.807) is 18.5 Å². The third kappa shape index (κ3) is 5.54. The Morgan fingerprint density at radius 1 is 1.15 bits per heavy atom. The molecule has 1 heterocycles. The molecule has 0 saturated heterocycles. The lowest BCUT2D eigenvalue weighted by Gasteiger charge is -2.19. The van der Waals surface area contributed by atoms with Crippen molar-refractivity contribution in [3.05, 3.63) is 18.5 Å². The number of nitrogens with zero attached hydrogens (tertiary/aromatic N) is 1. The van der Waals surface area contributed by atoms with E-state index in [1.165, 1.54) is 25.7 Å². The summed E-state index contributed by atoms with van der Waals surface area (Å²) < 4.78 is 25.2. The molecule has 1 aliphatic rings. The Morgan fingerprint density at radius 2 is 1.80 bits per heavy atom. The van der Waals surface area contributed by atoms with Gasteiger partial charge in [-0.15, -0.1) is 12.4 Å². The Kier molecular flexibility index (Phi) is 6.55. The second kappa shape index (κ2) is 7.69. The lowest BCUT2D eigenvalue weighted by atomic mass is 10.1. The largest absolute Gasteiger partial charge is 0.379 e. The summed E-state index contributed by atoms with van der Waals surface area (Å²) >= 11 is 0. The summed E-state index contributed by atoms with van der Waals surface area (Å²) in [5.74, 6) is 0. The maximum absolute atomic E-state index is 11.3. The van der Waals surface area contributed by atoms with Crippen molar-refractivity contribution in [1.29, 1.82) is 0 Å². The maximum atomic E-state index is 11.3. The smallest absolute Gasteiger partial charge is 0.229 e. The molecule has 1 aromatic rings. The first-order valence-corrected chi connectivity index (χ1v) is 8.62. The second-order valence-corrected chi connectivity index (χ2v) is 6.88. The summed E-state index contributed by atoms with van der Waals surface area (Å²) in [7, 11) is -3.27. The monoisotopic (exact) mass is 319 g/mol. The van der Waals surface area contributed by atoms with Gasteiger partial charge in [0.25, 0.3) is 0 Å². The predicted molar refractivity (Wildman–Crippen MR) is 85.1 cm³/mol. The van der Waals surface area contributed by atoms with Crippen LogP contribution < -0.4 is 10.0 Å². The minimum atomic E-state index is -3.27. The Morgan fingerprint density at radius 3 is 2.40 bits per heavy atom. The molecule has 0 aromatic carbocycles. The van der Waals surface area contributed by atoms with Crippen LogP contribution in [0.15, 0.2) is 18.5 Å². The summed E-state index contributed by atoms with van der Waals surface area (Å²) in [6.07, 6.45) is 11.7. The fourth-order valence-electron chi connectivity index (χ4n) is 2.44. The summed E-state index contributed by atoms with van der Waals surface area (Å²) in [4.78, 5) is 4.07. The maximum Gasteiger partial charge on any atom is 0.229 e. The number of aromatic nitrogens is 1. The standard InChI is InChI=1S/C13H21N3O2S.ClH/c1-19(17,18)16-12-8-9-14-10-13(12)15-11-6-4-2-3-5-7-11;/h8-11,15H,2-7H2,1H3,(H,14,16);1H. The Labute approximate surface area is 127 Å². The van der Waals surface area contributed by atoms with E-state index in [2.05, 4.69) is 15.0 Å². The number of pyridine rings is 1. The Bertz CT molecular complexity index is 514. The fraction of sp³-hybridized carbons (Fsp3) is 0.615. The normalized spacial score (nSPS) is 16.9. The molecule has 2 N–H and O–H groups in total. The first-order valence-electron chi connectivity index (χ1n) is 6.73. The van der Waals surface area contributed by atoms with Gasteiger partial charge in [0.2, 0.25) is 10.0 Å². The number of hydrogen-bond acceptors (Lipinski definition) is 4. The van der Waals surface area contributed by atoms with Crippen molar-refractivity contribution in [3.8, 4) is 0 Å². The van der Waals surface area contributed by atoms with Gasteiger partial charge in [-0.3, -0.25) is 9.71 Å². The molecule has 0 radical (unpaired) electrons. The number of hydrogen-bond donors (Lipinski definition) is 2. The van der Waals surface area contributed by atoms with Crippen molar-refractivity contribution in [1.82, 2.24) is 4.98 Å². The van der Waals surface area contributed by atoms with Crippen LogP contribution in [0.1, 0.15) is 38.5 Å². The molecule has 0 amide bonds. The zero-order valence-corrected chi connectivity index (χ0v) is 13.3. The second-order valence-electron chi connectivity index (χ2n) is 5.13. The van der Waals surface area contributed by atoms with Gasteiger partial charge in [-0.25, -0.2) is 8.42 Å². The molecule has 1 saturated carbocycles. The first-order chi connectivity index (χ1) is 9.04. The van der Waals surface area contributed by atoms with E-state index in [-0.39, 0.29) is 12.4 Å². The van der Waals surface area contributed by atoms with E-state index < -0.39 is 10.0 Å². The van der Waals surface area contributed by atoms with Gasteiger partial charge in [0.05, 0.1) is 23.8 Å². The van der Waals surface area contributed by atoms with Crippen molar-refractivity contribution in [2.75, 3.05) is 16.3 Å². The minimum Gasteiger partial charge on any atom is -0.379 e. The number of nitrogens with one attached hydrogen (secondary N) is 2. The minimum absolute atomic E-state index is 0.